The molecule has 4 heteroatoms. The van der Waals surface area contributed by atoms with Crippen molar-refractivity contribution >= 4 is 0 Å². The summed E-state index contributed by atoms with van der Waals surface area (Å²) in [7, 11) is 0. The van der Waals surface area contributed by atoms with E-state index in [1.807, 2.05) is 53.7 Å². The smallest absolute Gasteiger partial charge is 0.159 e. The summed E-state index contributed by atoms with van der Waals surface area (Å²) in [6.07, 6.45) is 0. The fourth-order valence-corrected chi connectivity index (χ4v) is 3.92. The summed E-state index contributed by atoms with van der Waals surface area (Å²) in [6, 6.07) is 16.8. The zero-order valence-corrected chi connectivity index (χ0v) is 22.4. The molecule has 2 aromatic heterocycles. The van der Waals surface area contributed by atoms with Gasteiger partial charge >= 0.3 is 0 Å². The Labute approximate surface area is 205 Å². The Kier molecular flexibility index (Phi) is 9.61. The highest BCUT2D eigenvalue weighted by Gasteiger charge is 2.05. The van der Waals surface area contributed by atoms with Crippen molar-refractivity contribution in [2.75, 3.05) is 0 Å². The summed E-state index contributed by atoms with van der Waals surface area (Å²) in [5.74, 6) is 1.65. The average Bonchev–Trinajstić information content (AvgIpc) is 2.73. The van der Waals surface area contributed by atoms with Crippen LogP contribution >= 0.6 is 0 Å². The van der Waals surface area contributed by atoms with Crippen LogP contribution < -0.4 is 0 Å². The number of nitrogens with zero attached hydrogens (tertiary/aromatic N) is 4. The Bertz CT molecular complexity index is 980. The van der Waals surface area contributed by atoms with Gasteiger partial charge in [0.1, 0.15) is 0 Å². The van der Waals surface area contributed by atoms with Crippen molar-refractivity contribution in [1.29, 1.82) is 0 Å². The summed E-state index contributed by atoms with van der Waals surface area (Å²) in [5, 5.41) is 0. The van der Waals surface area contributed by atoms with Crippen LogP contribution in [0.5, 0.6) is 0 Å². The minimum atomic E-state index is 0.823. The Morgan fingerprint density at radius 3 is 0.824 bits per heavy atom. The topological polar surface area (TPSA) is 51.6 Å². The lowest BCUT2D eigenvalue weighted by atomic mass is 10.1. The zero-order chi connectivity index (χ0) is 25.4. The van der Waals surface area contributed by atoms with E-state index in [0.29, 0.717) is 0 Å². The summed E-state index contributed by atoms with van der Waals surface area (Å²) in [6.45, 7) is 20.4. The van der Waals surface area contributed by atoms with Gasteiger partial charge in [0.2, 0.25) is 0 Å². The third-order valence-corrected chi connectivity index (χ3v) is 4.92. The third-order valence-electron chi connectivity index (χ3n) is 4.92. The second-order valence-electron chi connectivity index (χ2n) is 8.70. The number of aromatic nitrogens is 4. The first-order valence-corrected chi connectivity index (χ1v) is 11.9. The Morgan fingerprint density at radius 2 is 0.588 bits per heavy atom. The molecule has 0 aliphatic heterocycles. The zero-order valence-electron chi connectivity index (χ0n) is 22.4. The van der Waals surface area contributed by atoms with Gasteiger partial charge in [-0.1, -0.05) is 48.2 Å². The predicted octanol–water partition coefficient (Wildman–Crippen LogP) is 7.78. The van der Waals surface area contributed by atoms with Gasteiger partial charge in [-0.25, -0.2) is 19.9 Å². The maximum atomic E-state index is 4.48. The van der Waals surface area contributed by atoms with Crippen molar-refractivity contribution in [1.82, 2.24) is 19.9 Å². The van der Waals surface area contributed by atoms with Gasteiger partial charge < -0.3 is 0 Å². The fourth-order valence-electron chi connectivity index (χ4n) is 3.92. The molecule has 0 radical (unpaired) electrons. The van der Waals surface area contributed by atoms with Gasteiger partial charge in [0.25, 0.3) is 0 Å². The van der Waals surface area contributed by atoms with Gasteiger partial charge in [-0.05, 0) is 91.8 Å². The number of rotatable bonds is 2. The van der Waals surface area contributed by atoms with E-state index in [0.717, 1.165) is 45.6 Å². The molecule has 0 N–H and O–H groups in total. The Balaban J connectivity index is 0.000000224. The number of benzene rings is 2. The third kappa shape index (κ3) is 7.87. The highest BCUT2D eigenvalue weighted by atomic mass is 14.9. The predicted molar refractivity (Wildman–Crippen MR) is 144 cm³/mol. The molecule has 0 amide bonds. The highest BCUT2D eigenvalue weighted by molar-refractivity contribution is 5.58. The molecule has 0 fully saturated rings. The van der Waals surface area contributed by atoms with Crippen LogP contribution in [-0.2, 0) is 0 Å². The minimum absolute atomic E-state index is 0.823. The van der Waals surface area contributed by atoms with Crippen LogP contribution in [0, 0.1) is 55.4 Å². The lowest BCUT2D eigenvalue weighted by Crippen LogP contribution is -1.95. The molecule has 0 aliphatic carbocycles. The summed E-state index contributed by atoms with van der Waals surface area (Å²) in [5.41, 5.74) is 11.3. The van der Waals surface area contributed by atoms with Crippen LogP contribution in [0.15, 0.2) is 48.5 Å². The van der Waals surface area contributed by atoms with E-state index in [1.165, 1.54) is 22.3 Å². The summed E-state index contributed by atoms with van der Waals surface area (Å²) < 4.78 is 0. The van der Waals surface area contributed by atoms with Crippen molar-refractivity contribution in [3.8, 4) is 22.8 Å². The number of hydrogen-bond acceptors (Lipinski definition) is 4. The highest BCUT2D eigenvalue weighted by Crippen LogP contribution is 2.20. The number of hydrogen-bond donors (Lipinski definition) is 0. The maximum Gasteiger partial charge on any atom is 0.159 e. The van der Waals surface area contributed by atoms with Crippen molar-refractivity contribution in [2.45, 2.75) is 69.2 Å². The largest absolute Gasteiger partial charge is 0.233 e. The molecule has 2 aromatic carbocycles. The molecule has 178 valence electrons. The molecule has 0 unspecified atom stereocenters. The van der Waals surface area contributed by atoms with Crippen molar-refractivity contribution < 1.29 is 0 Å². The summed E-state index contributed by atoms with van der Waals surface area (Å²) >= 11 is 0. The molecule has 4 aromatic rings. The van der Waals surface area contributed by atoms with E-state index in [4.69, 9.17) is 0 Å². The molecule has 0 atom stereocenters. The van der Waals surface area contributed by atoms with E-state index >= 15 is 0 Å². The van der Waals surface area contributed by atoms with Crippen LogP contribution in [0.25, 0.3) is 22.8 Å². The monoisotopic (exact) mass is 454 g/mol. The molecule has 2 heterocycles. The first-order chi connectivity index (χ1) is 16.1. The molecule has 4 rings (SSSR count). The van der Waals surface area contributed by atoms with Crippen molar-refractivity contribution in [2.24, 2.45) is 0 Å². The molecule has 0 bridgehead atoms. The standard InChI is InChI=1S/2C14H16N2.C2H6/c2*1-9-5-10(2)7-13(6-9)14-15-11(3)8-12(4)16-14;1-2/h2*5-8H,1-4H3;1-2H3. The number of aryl methyl sites for hydroxylation is 8. The first-order valence-electron chi connectivity index (χ1n) is 11.9. The molecule has 34 heavy (non-hydrogen) atoms. The van der Waals surface area contributed by atoms with Crippen LogP contribution in [0.2, 0.25) is 0 Å². The SMILES string of the molecule is CC.Cc1cc(C)cc(-c2nc(C)cc(C)n2)c1.Cc1cc(C)cc(-c2nc(C)cc(C)n2)c1. The van der Waals surface area contributed by atoms with Crippen LogP contribution in [0.3, 0.4) is 0 Å². The van der Waals surface area contributed by atoms with E-state index < -0.39 is 0 Å². The fraction of sp³-hybridized carbons (Fsp3) is 0.333. The van der Waals surface area contributed by atoms with Gasteiger partial charge in [0, 0.05) is 33.9 Å². The summed E-state index contributed by atoms with van der Waals surface area (Å²) in [4.78, 5) is 17.9. The first kappa shape index (κ1) is 26.8. The van der Waals surface area contributed by atoms with Gasteiger partial charge in [-0.2, -0.15) is 0 Å². The van der Waals surface area contributed by atoms with Crippen LogP contribution in [0.4, 0.5) is 0 Å². The normalized spacial score (nSPS) is 10.1. The second kappa shape index (κ2) is 12.2. The Morgan fingerprint density at radius 1 is 0.353 bits per heavy atom. The van der Waals surface area contributed by atoms with Crippen molar-refractivity contribution in [3.63, 3.8) is 0 Å². The maximum absolute atomic E-state index is 4.48. The molecule has 0 saturated carbocycles. The van der Waals surface area contributed by atoms with E-state index in [-0.39, 0.29) is 0 Å². The van der Waals surface area contributed by atoms with E-state index in [9.17, 15) is 0 Å². The molecular weight excluding hydrogens is 416 g/mol. The van der Waals surface area contributed by atoms with Gasteiger partial charge in [-0.15, -0.1) is 0 Å². The molecule has 0 saturated heterocycles. The van der Waals surface area contributed by atoms with Gasteiger partial charge in [0.15, 0.2) is 11.6 Å². The minimum Gasteiger partial charge on any atom is -0.233 e. The van der Waals surface area contributed by atoms with E-state index in [2.05, 4.69) is 84.0 Å². The molecule has 0 spiro atoms. The molecule has 4 nitrogen and oxygen atoms in total. The van der Waals surface area contributed by atoms with E-state index in [1.54, 1.807) is 0 Å². The average molecular weight is 455 g/mol. The lowest BCUT2D eigenvalue weighted by molar-refractivity contribution is 1.06. The Hall–Kier alpha value is -3.40. The quantitative estimate of drug-likeness (QED) is 0.310. The second-order valence-corrected chi connectivity index (χ2v) is 8.70. The lowest BCUT2D eigenvalue weighted by Gasteiger charge is -2.05. The van der Waals surface area contributed by atoms with Crippen LogP contribution in [-0.4, -0.2) is 19.9 Å². The van der Waals surface area contributed by atoms with Gasteiger partial charge in [0.05, 0.1) is 0 Å². The van der Waals surface area contributed by atoms with Crippen LogP contribution in [0.1, 0.15) is 58.9 Å². The van der Waals surface area contributed by atoms with Crippen molar-refractivity contribution in [3.05, 3.63) is 93.6 Å². The molecular formula is C30H38N4. The molecule has 0 aliphatic rings. The van der Waals surface area contributed by atoms with Gasteiger partial charge in [-0.3, -0.25) is 0 Å².